The lowest BCUT2D eigenvalue weighted by molar-refractivity contribution is -0.125. The van der Waals surface area contributed by atoms with Gasteiger partial charge in [-0.2, -0.15) is 0 Å². The highest BCUT2D eigenvalue weighted by Crippen LogP contribution is 2.11. The lowest BCUT2D eigenvalue weighted by Gasteiger charge is -2.19. The van der Waals surface area contributed by atoms with Gasteiger partial charge in [0.1, 0.15) is 0 Å². The van der Waals surface area contributed by atoms with Crippen molar-refractivity contribution in [2.75, 3.05) is 6.54 Å². The summed E-state index contributed by atoms with van der Waals surface area (Å²) in [5.41, 5.74) is 5.70. The maximum atomic E-state index is 11.7. The van der Waals surface area contributed by atoms with E-state index in [2.05, 4.69) is 19.2 Å². The molecule has 0 aliphatic carbocycles. The van der Waals surface area contributed by atoms with E-state index in [4.69, 9.17) is 5.73 Å². The van der Waals surface area contributed by atoms with Gasteiger partial charge < -0.3 is 11.1 Å². The predicted molar refractivity (Wildman–Crippen MR) is 69.1 cm³/mol. The summed E-state index contributed by atoms with van der Waals surface area (Å²) in [6.07, 6.45) is 4.81. The highest BCUT2D eigenvalue weighted by molar-refractivity contribution is 5.78. The van der Waals surface area contributed by atoms with Gasteiger partial charge in [0, 0.05) is 18.5 Å². The molecule has 0 saturated heterocycles. The molecule has 0 saturated carbocycles. The van der Waals surface area contributed by atoms with E-state index in [0.29, 0.717) is 5.92 Å². The average molecular weight is 228 g/mol. The van der Waals surface area contributed by atoms with Crippen LogP contribution in [0.15, 0.2) is 0 Å². The Morgan fingerprint density at radius 1 is 1.31 bits per heavy atom. The van der Waals surface area contributed by atoms with Crippen molar-refractivity contribution in [1.82, 2.24) is 5.32 Å². The fourth-order valence-corrected chi connectivity index (χ4v) is 1.59. The Balaban J connectivity index is 3.87. The number of hydrogen-bond acceptors (Lipinski definition) is 2. The van der Waals surface area contributed by atoms with E-state index in [0.717, 1.165) is 13.0 Å². The van der Waals surface area contributed by atoms with Crippen LogP contribution in [0.2, 0.25) is 0 Å². The number of unbranched alkanes of at least 4 members (excludes halogenated alkanes) is 1. The van der Waals surface area contributed by atoms with Crippen LogP contribution in [0.5, 0.6) is 0 Å². The number of nitrogens with one attached hydrogen (secondary N) is 1. The standard InChI is InChI=1S/C13H28N2O/c1-5-7-8-12(6-2)9-15-13(16)10(3)11(4)14/h10-12H,5-9,14H2,1-4H3,(H,15,16). The summed E-state index contributed by atoms with van der Waals surface area (Å²) < 4.78 is 0. The summed E-state index contributed by atoms with van der Waals surface area (Å²) in [6, 6.07) is -0.0734. The molecule has 0 heterocycles. The van der Waals surface area contributed by atoms with Crippen molar-refractivity contribution < 1.29 is 4.79 Å². The number of carbonyl (C=O) groups excluding carboxylic acids is 1. The fraction of sp³-hybridized carbons (Fsp3) is 0.923. The Hall–Kier alpha value is -0.570. The number of rotatable bonds is 8. The Labute approximate surface area is 100 Å². The average Bonchev–Trinajstić information content (AvgIpc) is 2.27. The molecule has 0 aliphatic heterocycles. The predicted octanol–water partition coefficient (Wildman–Crippen LogP) is 2.30. The van der Waals surface area contributed by atoms with Crippen LogP contribution in [-0.2, 0) is 4.79 Å². The van der Waals surface area contributed by atoms with Crippen molar-refractivity contribution in [1.29, 1.82) is 0 Å². The van der Waals surface area contributed by atoms with Crippen molar-refractivity contribution in [3.05, 3.63) is 0 Å². The summed E-state index contributed by atoms with van der Waals surface area (Å²) in [5.74, 6) is 0.609. The number of carbonyl (C=O) groups is 1. The molecular weight excluding hydrogens is 200 g/mol. The van der Waals surface area contributed by atoms with E-state index in [1.54, 1.807) is 0 Å². The molecule has 0 aromatic heterocycles. The van der Waals surface area contributed by atoms with E-state index in [9.17, 15) is 4.79 Å². The number of amides is 1. The molecule has 0 aromatic carbocycles. The van der Waals surface area contributed by atoms with Gasteiger partial charge in [-0.15, -0.1) is 0 Å². The topological polar surface area (TPSA) is 55.1 Å². The monoisotopic (exact) mass is 228 g/mol. The quantitative estimate of drug-likeness (QED) is 0.670. The largest absolute Gasteiger partial charge is 0.356 e. The van der Waals surface area contributed by atoms with Crippen LogP contribution < -0.4 is 11.1 Å². The van der Waals surface area contributed by atoms with Crippen molar-refractivity contribution in [2.24, 2.45) is 17.6 Å². The number of hydrogen-bond donors (Lipinski definition) is 2. The Kier molecular flexibility index (Phi) is 8.26. The zero-order chi connectivity index (χ0) is 12.6. The molecule has 0 aliphatic rings. The second kappa shape index (κ2) is 8.57. The molecule has 0 rings (SSSR count). The zero-order valence-corrected chi connectivity index (χ0v) is 11.3. The molecule has 0 bridgehead atoms. The molecule has 3 heteroatoms. The minimum atomic E-state index is -0.0938. The van der Waals surface area contributed by atoms with E-state index in [1.165, 1.54) is 19.3 Å². The van der Waals surface area contributed by atoms with E-state index < -0.39 is 0 Å². The first-order chi connectivity index (χ1) is 7.52. The Morgan fingerprint density at radius 2 is 1.94 bits per heavy atom. The van der Waals surface area contributed by atoms with Gasteiger partial charge in [0.2, 0.25) is 5.91 Å². The van der Waals surface area contributed by atoms with Crippen LogP contribution in [0.25, 0.3) is 0 Å². The summed E-state index contributed by atoms with van der Waals surface area (Å²) in [4.78, 5) is 11.7. The van der Waals surface area contributed by atoms with Gasteiger partial charge in [-0.3, -0.25) is 4.79 Å². The third kappa shape index (κ3) is 6.11. The Morgan fingerprint density at radius 3 is 2.38 bits per heavy atom. The molecule has 0 fully saturated rings. The molecule has 0 spiro atoms. The van der Waals surface area contributed by atoms with Crippen molar-refractivity contribution in [2.45, 2.75) is 59.4 Å². The minimum Gasteiger partial charge on any atom is -0.356 e. The van der Waals surface area contributed by atoms with Gasteiger partial charge in [0.15, 0.2) is 0 Å². The van der Waals surface area contributed by atoms with Gasteiger partial charge in [0.05, 0.1) is 0 Å². The first-order valence-electron chi connectivity index (χ1n) is 6.56. The van der Waals surface area contributed by atoms with Gasteiger partial charge in [-0.1, -0.05) is 40.0 Å². The van der Waals surface area contributed by atoms with E-state index in [-0.39, 0.29) is 17.9 Å². The third-order valence-electron chi connectivity index (χ3n) is 3.31. The SMILES string of the molecule is CCCCC(CC)CNC(=O)C(C)C(C)N. The van der Waals surface area contributed by atoms with Crippen molar-refractivity contribution in [3.63, 3.8) is 0 Å². The molecule has 3 nitrogen and oxygen atoms in total. The smallest absolute Gasteiger partial charge is 0.224 e. The summed E-state index contributed by atoms with van der Waals surface area (Å²) in [6.45, 7) is 8.93. The van der Waals surface area contributed by atoms with Gasteiger partial charge in [-0.25, -0.2) is 0 Å². The maximum absolute atomic E-state index is 11.7. The van der Waals surface area contributed by atoms with Crippen LogP contribution in [-0.4, -0.2) is 18.5 Å². The summed E-state index contributed by atoms with van der Waals surface area (Å²) >= 11 is 0. The Bertz CT molecular complexity index is 192. The van der Waals surface area contributed by atoms with Crippen molar-refractivity contribution >= 4 is 5.91 Å². The van der Waals surface area contributed by atoms with Gasteiger partial charge in [0.25, 0.3) is 0 Å². The second-order valence-electron chi connectivity index (χ2n) is 4.81. The molecular formula is C13H28N2O. The first kappa shape index (κ1) is 15.4. The van der Waals surface area contributed by atoms with Crippen LogP contribution in [0.1, 0.15) is 53.4 Å². The van der Waals surface area contributed by atoms with E-state index in [1.807, 2.05) is 13.8 Å². The fourth-order valence-electron chi connectivity index (χ4n) is 1.59. The van der Waals surface area contributed by atoms with Gasteiger partial charge >= 0.3 is 0 Å². The summed E-state index contributed by atoms with van der Waals surface area (Å²) in [7, 11) is 0. The van der Waals surface area contributed by atoms with Crippen molar-refractivity contribution in [3.8, 4) is 0 Å². The van der Waals surface area contributed by atoms with Crippen LogP contribution >= 0.6 is 0 Å². The minimum absolute atomic E-state index is 0.0734. The second-order valence-corrected chi connectivity index (χ2v) is 4.81. The highest BCUT2D eigenvalue weighted by atomic mass is 16.1. The van der Waals surface area contributed by atoms with Crippen LogP contribution in [0.4, 0.5) is 0 Å². The van der Waals surface area contributed by atoms with Crippen LogP contribution in [0, 0.1) is 11.8 Å². The lowest BCUT2D eigenvalue weighted by atomic mass is 9.98. The molecule has 1 amide bonds. The molecule has 16 heavy (non-hydrogen) atoms. The molecule has 3 atom stereocenters. The van der Waals surface area contributed by atoms with E-state index >= 15 is 0 Å². The molecule has 0 aromatic rings. The normalized spacial score (nSPS) is 16.6. The molecule has 3 unspecified atom stereocenters. The number of nitrogens with two attached hydrogens (primary N) is 1. The molecule has 3 N–H and O–H groups in total. The van der Waals surface area contributed by atoms with Gasteiger partial charge in [-0.05, 0) is 19.3 Å². The molecule has 96 valence electrons. The first-order valence-corrected chi connectivity index (χ1v) is 6.56. The summed E-state index contributed by atoms with van der Waals surface area (Å²) in [5, 5.41) is 3.00. The third-order valence-corrected chi connectivity index (χ3v) is 3.31. The van der Waals surface area contributed by atoms with Crippen LogP contribution in [0.3, 0.4) is 0 Å². The lowest BCUT2D eigenvalue weighted by Crippen LogP contribution is -2.40. The zero-order valence-electron chi connectivity index (χ0n) is 11.3. The molecule has 0 radical (unpaired) electrons. The maximum Gasteiger partial charge on any atom is 0.224 e. The highest BCUT2D eigenvalue weighted by Gasteiger charge is 2.17.